The maximum Gasteiger partial charge on any atom is 0.135 e. The van der Waals surface area contributed by atoms with Gasteiger partial charge in [0.2, 0.25) is 0 Å². The second-order valence-corrected chi connectivity index (χ2v) is 6.76. The first-order chi connectivity index (χ1) is 9.12. The summed E-state index contributed by atoms with van der Waals surface area (Å²) in [6.45, 7) is 11.6. The highest BCUT2D eigenvalue weighted by Gasteiger charge is 2.25. The van der Waals surface area contributed by atoms with Gasteiger partial charge in [-0.3, -0.25) is 9.59 Å². The van der Waals surface area contributed by atoms with Gasteiger partial charge in [-0.05, 0) is 40.5 Å². The summed E-state index contributed by atoms with van der Waals surface area (Å²) in [6, 6.07) is 0. The van der Waals surface area contributed by atoms with E-state index in [0.717, 1.165) is 12.8 Å². The molecule has 4 nitrogen and oxygen atoms in total. The van der Waals surface area contributed by atoms with E-state index in [2.05, 4.69) is 10.2 Å². The van der Waals surface area contributed by atoms with Gasteiger partial charge < -0.3 is 0 Å². The Hall–Kier alpha value is -1.06. The first kappa shape index (κ1) is 18.9. The summed E-state index contributed by atoms with van der Waals surface area (Å²) in [5.74, 6) is 0.438. The summed E-state index contributed by atoms with van der Waals surface area (Å²) in [5.41, 5.74) is -0.978. The van der Waals surface area contributed by atoms with E-state index in [1.807, 2.05) is 41.5 Å². The lowest BCUT2D eigenvalue weighted by molar-refractivity contribution is -0.121. The van der Waals surface area contributed by atoms with Crippen LogP contribution in [-0.4, -0.2) is 22.6 Å². The Bertz CT molecular complexity index is 323. The van der Waals surface area contributed by atoms with Crippen molar-refractivity contribution in [2.45, 2.75) is 91.1 Å². The zero-order chi connectivity index (χ0) is 15.8. The molecule has 20 heavy (non-hydrogen) atoms. The van der Waals surface area contributed by atoms with Crippen LogP contribution in [0.5, 0.6) is 0 Å². The molecule has 0 saturated carbocycles. The molecule has 0 aliphatic rings. The number of azo groups is 1. The number of hydrogen-bond acceptors (Lipinski definition) is 4. The van der Waals surface area contributed by atoms with E-state index in [1.165, 1.54) is 0 Å². The molecule has 0 aliphatic carbocycles. The average Bonchev–Trinajstić information content (AvgIpc) is 2.26. The number of hydrogen-bond donors (Lipinski definition) is 0. The molecule has 0 aromatic heterocycles. The van der Waals surface area contributed by atoms with Gasteiger partial charge in [0, 0.05) is 25.7 Å². The molecule has 0 radical (unpaired) electrons. The van der Waals surface area contributed by atoms with Gasteiger partial charge in [0.15, 0.2) is 0 Å². The molecule has 0 aromatic rings. The van der Waals surface area contributed by atoms with Crippen molar-refractivity contribution < 1.29 is 9.59 Å². The van der Waals surface area contributed by atoms with Gasteiger partial charge in [-0.15, -0.1) is 0 Å². The first-order valence-electron chi connectivity index (χ1n) is 7.59. The van der Waals surface area contributed by atoms with Gasteiger partial charge in [-0.1, -0.05) is 13.8 Å². The summed E-state index contributed by atoms with van der Waals surface area (Å²) in [4.78, 5) is 23.4. The van der Waals surface area contributed by atoms with Gasteiger partial charge in [0.25, 0.3) is 0 Å². The maximum absolute atomic E-state index is 11.7. The van der Waals surface area contributed by atoms with Crippen LogP contribution in [0, 0.1) is 0 Å². The Labute approximate surface area is 123 Å². The van der Waals surface area contributed by atoms with Crippen molar-refractivity contribution in [3.05, 3.63) is 0 Å². The number of rotatable bonds is 10. The molecule has 0 spiro atoms. The third kappa shape index (κ3) is 8.94. The first-order valence-corrected chi connectivity index (χ1v) is 7.59. The Balaban J connectivity index is 4.56. The Kier molecular flexibility index (Phi) is 7.84. The standard InChI is InChI=1S/C16H30N2O2/c1-7-9-13(19)11-15(3,4)17-18-16(5,6)12-14(20)10-8-2/h7-12H2,1-6H3. The quantitative estimate of drug-likeness (QED) is 0.553. The van der Waals surface area contributed by atoms with Gasteiger partial charge in [0.1, 0.15) is 11.6 Å². The van der Waals surface area contributed by atoms with Gasteiger partial charge in [0.05, 0.1) is 11.1 Å². The number of carbonyl (C=O) groups is 2. The summed E-state index contributed by atoms with van der Waals surface area (Å²) >= 11 is 0. The van der Waals surface area contributed by atoms with Crippen LogP contribution in [0.3, 0.4) is 0 Å². The van der Waals surface area contributed by atoms with Gasteiger partial charge in [-0.25, -0.2) is 0 Å². The van der Waals surface area contributed by atoms with Crippen molar-refractivity contribution in [2.75, 3.05) is 0 Å². The number of ketones is 2. The van der Waals surface area contributed by atoms with E-state index >= 15 is 0 Å². The third-order valence-corrected chi connectivity index (χ3v) is 2.91. The second kappa shape index (κ2) is 8.28. The van der Waals surface area contributed by atoms with Crippen LogP contribution < -0.4 is 0 Å². The van der Waals surface area contributed by atoms with E-state index in [4.69, 9.17) is 0 Å². The summed E-state index contributed by atoms with van der Waals surface area (Å²) in [6.07, 6.45) is 3.73. The molecule has 0 heterocycles. The van der Waals surface area contributed by atoms with E-state index in [0.29, 0.717) is 25.7 Å². The van der Waals surface area contributed by atoms with E-state index < -0.39 is 11.1 Å². The highest BCUT2D eigenvalue weighted by Crippen LogP contribution is 2.22. The zero-order valence-electron chi connectivity index (χ0n) is 14.0. The molecule has 0 atom stereocenters. The third-order valence-electron chi connectivity index (χ3n) is 2.91. The van der Waals surface area contributed by atoms with Crippen LogP contribution in [0.1, 0.15) is 80.1 Å². The molecule has 0 fully saturated rings. The molecule has 4 heteroatoms. The summed E-state index contributed by atoms with van der Waals surface area (Å²) < 4.78 is 0. The molecular weight excluding hydrogens is 252 g/mol. The molecule has 0 rings (SSSR count). The maximum atomic E-state index is 11.7. The Morgan fingerprint density at radius 3 is 1.30 bits per heavy atom. The summed E-state index contributed by atoms with van der Waals surface area (Å²) in [5, 5.41) is 8.63. The Morgan fingerprint density at radius 1 is 0.750 bits per heavy atom. The van der Waals surface area contributed by atoms with Crippen molar-refractivity contribution in [1.29, 1.82) is 0 Å². The summed E-state index contributed by atoms with van der Waals surface area (Å²) in [7, 11) is 0. The van der Waals surface area contributed by atoms with Crippen LogP contribution in [0.15, 0.2) is 10.2 Å². The lowest BCUT2D eigenvalue weighted by atomic mass is 9.95. The number of nitrogens with zero attached hydrogens (tertiary/aromatic N) is 2. The molecule has 0 aromatic carbocycles. The minimum atomic E-state index is -0.489. The van der Waals surface area contributed by atoms with Crippen molar-refractivity contribution in [1.82, 2.24) is 0 Å². The minimum absolute atomic E-state index is 0.219. The molecule has 0 saturated heterocycles. The van der Waals surface area contributed by atoms with Crippen molar-refractivity contribution >= 4 is 11.6 Å². The molecule has 0 bridgehead atoms. The van der Waals surface area contributed by atoms with Crippen molar-refractivity contribution in [3.8, 4) is 0 Å². The lowest BCUT2D eigenvalue weighted by Gasteiger charge is -2.22. The van der Waals surface area contributed by atoms with Crippen molar-refractivity contribution in [3.63, 3.8) is 0 Å². The van der Waals surface area contributed by atoms with E-state index in [9.17, 15) is 9.59 Å². The fourth-order valence-corrected chi connectivity index (χ4v) is 2.04. The van der Waals surface area contributed by atoms with Crippen LogP contribution in [0.25, 0.3) is 0 Å². The molecular formula is C16H30N2O2. The SMILES string of the molecule is CCCC(=O)CC(C)(C)N=NC(C)(C)CC(=O)CCC. The van der Waals surface area contributed by atoms with Crippen molar-refractivity contribution in [2.24, 2.45) is 10.2 Å². The van der Waals surface area contributed by atoms with Crippen LogP contribution in [0.4, 0.5) is 0 Å². The fraction of sp³-hybridized carbons (Fsp3) is 0.875. The Morgan fingerprint density at radius 2 is 1.05 bits per heavy atom. The predicted molar refractivity (Wildman–Crippen MR) is 82.1 cm³/mol. The second-order valence-electron chi connectivity index (χ2n) is 6.76. The molecule has 0 aliphatic heterocycles. The molecule has 0 N–H and O–H groups in total. The molecule has 0 unspecified atom stereocenters. The minimum Gasteiger partial charge on any atom is -0.300 e. The van der Waals surface area contributed by atoms with Crippen LogP contribution in [-0.2, 0) is 9.59 Å². The smallest absolute Gasteiger partial charge is 0.135 e. The normalized spacial score (nSPS) is 12.9. The average molecular weight is 282 g/mol. The van der Waals surface area contributed by atoms with Crippen LogP contribution in [0.2, 0.25) is 0 Å². The largest absolute Gasteiger partial charge is 0.300 e. The van der Waals surface area contributed by atoms with E-state index in [-0.39, 0.29) is 11.6 Å². The topological polar surface area (TPSA) is 58.9 Å². The number of carbonyl (C=O) groups excluding carboxylic acids is 2. The highest BCUT2D eigenvalue weighted by molar-refractivity contribution is 5.79. The molecule has 116 valence electrons. The van der Waals surface area contributed by atoms with Gasteiger partial charge in [-0.2, -0.15) is 10.2 Å². The highest BCUT2D eigenvalue weighted by atomic mass is 16.1. The predicted octanol–water partition coefficient (Wildman–Crippen LogP) is 4.51. The lowest BCUT2D eigenvalue weighted by Crippen LogP contribution is -2.25. The zero-order valence-corrected chi connectivity index (χ0v) is 14.0. The fourth-order valence-electron chi connectivity index (χ4n) is 2.04. The number of Topliss-reactive ketones (excluding diaryl/α,β-unsaturated/α-hetero) is 2. The molecule has 0 amide bonds. The monoisotopic (exact) mass is 282 g/mol. The van der Waals surface area contributed by atoms with Crippen LogP contribution >= 0.6 is 0 Å². The van der Waals surface area contributed by atoms with Gasteiger partial charge >= 0.3 is 0 Å². The van der Waals surface area contributed by atoms with E-state index in [1.54, 1.807) is 0 Å².